The van der Waals surface area contributed by atoms with E-state index < -0.39 is 6.10 Å². The lowest BCUT2D eigenvalue weighted by molar-refractivity contribution is 0.0762. The van der Waals surface area contributed by atoms with Gasteiger partial charge in [0.2, 0.25) is 0 Å². The quantitative estimate of drug-likeness (QED) is 0.845. The number of likely N-dealkylation sites (tertiary alicyclic amines) is 1. The van der Waals surface area contributed by atoms with Gasteiger partial charge in [-0.25, -0.2) is 0 Å². The van der Waals surface area contributed by atoms with Crippen LogP contribution in [0.15, 0.2) is 24.3 Å². The Labute approximate surface area is 114 Å². The standard InChI is InChI=1S/C15H23NO3/c1-19-14-4-2-3-13(9-14)15(18)10-16-7-5-12(11-17)6-8-16/h2-4,9,12,15,17-18H,5-8,10-11H2,1H3. The summed E-state index contributed by atoms with van der Waals surface area (Å²) < 4.78 is 5.17. The average molecular weight is 265 g/mol. The second kappa shape index (κ2) is 6.89. The molecule has 0 bridgehead atoms. The normalized spacial score (nSPS) is 19.3. The maximum Gasteiger partial charge on any atom is 0.119 e. The molecule has 19 heavy (non-hydrogen) atoms. The highest BCUT2D eigenvalue weighted by molar-refractivity contribution is 5.29. The summed E-state index contributed by atoms with van der Waals surface area (Å²) in [6.45, 7) is 2.83. The Hall–Kier alpha value is -1.10. The first-order chi connectivity index (χ1) is 9.22. The van der Waals surface area contributed by atoms with Gasteiger partial charge in [-0.2, -0.15) is 0 Å². The highest BCUT2D eigenvalue weighted by Crippen LogP contribution is 2.22. The lowest BCUT2D eigenvalue weighted by Gasteiger charge is -2.32. The van der Waals surface area contributed by atoms with Crippen LogP contribution in [0.2, 0.25) is 0 Å². The Morgan fingerprint density at radius 2 is 2.11 bits per heavy atom. The summed E-state index contributed by atoms with van der Waals surface area (Å²) in [6, 6.07) is 7.58. The molecule has 0 saturated carbocycles. The Balaban J connectivity index is 1.88. The van der Waals surface area contributed by atoms with E-state index >= 15 is 0 Å². The fourth-order valence-corrected chi connectivity index (χ4v) is 2.55. The van der Waals surface area contributed by atoms with Gasteiger partial charge >= 0.3 is 0 Å². The summed E-state index contributed by atoms with van der Waals surface area (Å²) in [7, 11) is 1.63. The lowest BCUT2D eigenvalue weighted by atomic mass is 9.97. The average Bonchev–Trinajstić information content (AvgIpc) is 2.48. The van der Waals surface area contributed by atoms with E-state index in [-0.39, 0.29) is 6.61 Å². The first-order valence-electron chi connectivity index (χ1n) is 6.88. The second-order valence-electron chi connectivity index (χ2n) is 5.22. The minimum Gasteiger partial charge on any atom is -0.497 e. The number of ether oxygens (including phenoxy) is 1. The van der Waals surface area contributed by atoms with E-state index in [4.69, 9.17) is 9.84 Å². The molecule has 2 rings (SSSR count). The fraction of sp³-hybridized carbons (Fsp3) is 0.600. The van der Waals surface area contributed by atoms with Gasteiger partial charge in [0.15, 0.2) is 0 Å². The molecule has 0 aliphatic carbocycles. The van der Waals surface area contributed by atoms with Gasteiger partial charge in [0, 0.05) is 13.2 Å². The third-order valence-corrected chi connectivity index (χ3v) is 3.88. The SMILES string of the molecule is COc1cccc(C(O)CN2CCC(CO)CC2)c1. The number of piperidine rings is 1. The largest absolute Gasteiger partial charge is 0.497 e. The van der Waals surface area contributed by atoms with Crippen LogP contribution >= 0.6 is 0 Å². The predicted molar refractivity (Wildman–Crippen MR) is 74.2 cm³/mol. The smallest absolute Gasteiger partial charge is 0.119 e. The van der Waals surface area contributed by atoms with Crippen molar-refractivity contribution in [2.75, 3.05) is 33.4 Å². The molecule has 2 N–H and O–H groups in total. The lowest BCUT2D eigenvalue weighted by Crippen LogP contribution is -2.37. The van der Waals surface area contributed by atoms with E-state index in [9.17, 15) is 5.11 Å². The first-order valence-corrected chi connectivity index (χ1v) is 6.88. The summed E-state index contributed by atoms with van der Waals surface area (Å²) in [4.78, 5) is 2.26. The van der Waals surface area contributed by atoms with Crippen molar-refractivity contribution in [3.8, 4) is 5.75 Å². The molecule has 1 aromatic rings. The van der Waals surface area contributed by atoms with Gasteiger partial charge in [0.05, 0.1) is 13.2 Å². The third kappa shape index (κ3) is 3.93. The summed E-state index contributed by atoms with van der Waals surface area (Å²) in [6.07, 6.45) is 1.55. The van der Waals surface area contributed by atoms with Crippen LogP contribution in [0, 0.1) is 5.92 Å². The van der Waals surface area contributed by atoms with Gasteiger partial charge in [-0.1, -0.05) is 12.1 Å². The minimum atomic E-state index is -0.485. The topological polar surface area (TPSA) is 52.9 Å². The number of aliphatic hydroxyl groups excluding tert-OH is 2. The van der Waals surface area contributed by atoms with Crippen LogP contribution < -0.4 is 4.74 Å². The number of aliphatic hydroxyl groups is 2. The van der Waals surface area contributed by atoms with E-state index in [1.54, 1.807) is 7.11 Å². The van der Waals surface area contributed by atoms with Crippen LogP contribution in [0.4, 0.5) is 0 Å². The molecular formula is C15H23NO3. The molecule has 4 nitrogen and oxygen atoms in total. The molecule has 0 aromatic heterocycles. The highest BCUT2D eigenvalue weighted by Gasteiger charge is 2.21. The Bertz CT molecular complexity index is 389. The van der Waals surface area contributed by atoms with Crippen molar-refractivity contribution in [2.24, 2.45) is 5.92 Å². The second-order valence-corrected chi connectivity index (χ2v) is 5.22. The maximum atomic E-state index is 10.3. The van der Waals surface area contributed by atoms with Crippen LogP contribution in [0.5, 0.6) is 5.75 Å². The molecular weight excluding hydrogens is 242 g/mol. The number of β-amino-alcohol motifs (C(OH)–C–C–N with tert-alkyl or cyclic N) is 1. The van der Waals surface area contributed by atoms with Gasteiger partial charge in [-0.3, -0.25) is 0 Å². The predicted octanol–water partition coefficient (Wildman–Crippen LogP) is 1.43. The molecule has 1 unspecified atom stereocenters. The van der Waals surface area contributed by atoms with Crippen LogP contribution in [-0.4, -0.2) is 48.5 Å². The summed E-state index contributed by atoms with van der Waals surface area (Å²) in [5, 5.41) is 19.4. The van der Waals surface area contributed by atoms with E-state index in [0.29, 0.717) is 12.5 Å². The van der Waals surface area contributed by atoms with Crippen LogP contribution in [-0.2, 0) is 0 Å². The molecule has 1 aromatic carbocycles. The van der Waals surface area contributed by atoms with Crippen molar-refractivity contribution in [2.45, 2.75) is 18.9 Å². The molecule has 1 aliphatic rings. The summed E-state index contributed by atoms with van der Waals surface area (Å²) in [5.74, 6) is 1.21. The number of hydrogen-bond donors (Lipinski definition) is 2. The molecule has 4 heteroatoms. The highest BCUT2D eigenvalue weighted by atomic mass is 16.5. The molecule has 0 radical (unpaired) electrons. The molecule has 106 valence electrons. The molecule has 1 fully saturated rings. The van der Waals surface area contributed by atoms with Gasteiger partial charge in [-0.05, 0) is 49.5 Å². The molecule has 1 atom stereocenters. The van der Waals surface area contributed by atoms with Crippen LogP contribution in [0.1, 0.15) is 24.5 Å². The van der Waals surface area contributed by atoms with Gasteiger partial charge in [-0.15, -0.1) is 0 Å². The number of hydrogen-bond acceptors (Lipinski definition) is 4. The minimum absolute atomic E-state index is 0.284. The first kappa shape index (κ1) is 14.3. The van der Waals surface area contributed by atoms with E-state index in [0.717, 1.165) is 37.2 Å². The van der Waals surface area contributed by atoms with Crippen molar-refractivity contribution in [1.82, 2.24) is 4.90 Å². The zero-order chi connectivity index (χ0) is 13.7. The summed E-state index contributed by atoms with van der Waals surface area (Å²) in [5.41, 5.74) is 0.892. The zero-order valence-corrected chi connectivity index (χ0v) is 11.5. The number of nitrogens with zero attached hydrogens (tertiary/aromatic N) is 1. The van der Waals surface area contributed by atoms with Crippen molar-refractivity contribution in [3.05, 3.63) is 29.8 Å². The third-order valence-electron chi connectivity index (χ3n) is 3.88. The Morgan fingerprint density at radius 3 is 2.74 bits per heavy atom. The van der Waals surface area contributed by atoms with Crippen molar-refractivity contribution in [1.29, 1.82) is 0 Å². The molecule has 0 amide bonds. The number of benzene rings is 1. The van der Waals surface area contributed by atoms with Crippen LogP contribution in [0.3, 0.4) is 0 Å². The Morgan fingerprint density at radius 1 is 1.37 bits per heavy atom. The molecule has 1 saturated heterocycles. The van der Waals surface area contributed by atoms with E-state index in [1.807, 2.05) is 24.3 Å². The molecule has 1 aliphatic heterocycles. The van der Waals surface area contributed by atoms with Gasteiger partial charge in [0.1, 0.15) is 5.75 Å². The fourth-order valence-electron chi connectivity index (χ4n) is 2.55. The van der Waals surface area contributed by atoms with Gasteiger partial charge in [0.25, 0.3) is 0 Å². The van der Waals surface area contributed by atoms with Crippen molar-refractivity contribution in [3.63, 3.8) is 0 Å². The number of methoxy groups -OCH3 is 1. The molecule has 0 spiro atoms. The summed E-state index contributed by atoms with van der Waals surface area (Å²) >= 11 is 0. The maximum absolute atomic E-state index is 10.3. The van der Waals surface area contributed by atoms with Crippen molar-refractivity contribution < 1.29 is 14.9 Å². The Kier molecular flexibility index (Phi) is 5.19. The molecule has 1 heterocycles. The van der Waals surface area contributed by atoms with E-state index in [2.05, 4.69) is 4.90 Å². The van der Waals surface area contributed by atoms with Gasteiger partial charge < -0.3 is 19.8 Å². The van der Waals surface area contributed by atoms with E-state index in [1.165, 1.54) is 0 Å². The monoisotopic (exact) mass is 265 g/mol. The van der Waals surface area contributed by atoms with Crippen LogP contribution in [0.25, 0.3) is 0 Å². The number of rotatable bonds is 5. The zero-order valence-electron chi connectivity index (χ0n) is 11.5. The van der Waals surface area contributed by atoms with Crippen molar-refractivity contribution >= 4 is 0 Å².